The molecule has 0 nitrogen and oxygen atoms in total. The summed E-state index contributed by atoms with van der Waals surface area (Å²) >= 11 is 0. The van der Waals surface area contributed by atoms with E-state index in [1.807, 2.05) is 0 Å². The van der Waals surface area contributed by atoms with Gasteiger partial charge in [-0.05, 0) is 6.07 Å². The van der Waals surface area contributed by atoms with Crippen LogP contribution in [-0.4, -0.2) is 0 Å². The zero-order chi connectivity index (χ0) is 6.85. The molecule has 0 unspecified atom stereocenters. The van der Waals surface area contributed by atoms with Crippen molar-refractivity contribution in [3.63, 3.8) is 0 Å². The summed E-state index contributed by atoms with van der Waals surface area (Å²) in [4.78, 5) is 0. The molecule has 1 aromatic rings. The molecule has 0 aromatic heterocycles. The Kier molecular flexibility index (Phi) is 1.39. The van der Waals surface area contributed by atoms with Crippen LogP contribution in [0.2, 0.25) is 0 Å². The lowest BCUT2D eigenvalue weighted by molar-refractivity contribution is 0.582. The third-order valence-electron chi connectivity index (χ3n) is 0.922. The fraction of sp³-hybridized carbons (Fsp3) is 0. The number of benzene rings is 1. The van der Waals surface area contributed by atoms with Crippen molar-refractivity contribution in [2.24, 2.45) is 0 Å². The molecular formula is C7H5F2-. The summed E-state index contributed by atoms with van der Waals surface area (Å²) in [6.45, 7) is 3.36. The van der Waals surface area contributed by atoms with Crippen LogP contribution in [0.4, 0.5) is 8.78 Å². The van der Waals surface area contributed by atoms with Crippen LogP contribution in [0.3, 0.4) is 0 Å². The van der Waals surface area contributed by atoms with Crippen LogP contribution in [0.25, 0.3) is 0 Å². The molecule has 0 N–H and O–H groups in total. The maximum Gasteiger partial charge on any atom is 0.0706 e. The topological polar surface area (TPSA) is 0 Å². The fourth-order valence-corrected chi connectivity index (χ4v) is 0.611. The molecule has 0 amide bonds. The van der Waals surface area contributed by atoms with Gasteiger partial charge in [0.1, 0.15) is 0 Å². The predicted octanol–water partition coefficient (Wildman–Crippen LogP) is 2.15. The van der Waals surface area contributed by atoms with Gasteiger partial charge in [-0.15, -0.1) is 12.1 Å². The maximum atomic E-state index is 12.1. The summed E-state index contributed by atoms with van der Waals surface area (Å²) in [6, 6.07) is 3.15. The van der Waals surface area contributed by atoms with Gasteiger partial charge in [-0.1, -0.05) is 0 Å². The fourth-order valence-electron chi connectivity index (χ4n) is 0.611. The van der Waals surface area contributed by atoms with Gasteiger partial charge in [0, 0.05) is 0 Å². The van der Waals surface area contributed by atoms with E-state index in [1.54, 1.807) is 0 Å². The highest BCUT2D eigenvalue weighted by atomic mass is 19.1. The lowest BCUT2D eigenvalue weighted by Crippen LogP contribution is -1.80. The monoisotopic (exact) mass is 127 g/mol. The Morgan fingerprint density at radius 2 is 1.44 bits per heavy atom. The van der Waals surface area contributed by atoms with Crippen molar-refractivity contribution in [1.82, 2.24) is 0 Å². The Morgan fingerprint density at radius 1 is 1.00 bits per heavy atom. The summed E-state index contributed by atoms with van der Waals surface area (Å²) < 4.78 is 24.3. The second-order valence-electron chi connectivity index (χ2n) is 1.78. The van der Waals surface area contributed by atoms with Crippen LogP contribution >= 0.6 is 0 Å². The Balaban J connectivity index is 3.17. The minimum absolute atomic E-state index is 0.354. The van der Waals surface area contributed by atoms with Crippen LogP contribution in [-0.2, 0) is 0 Å². The SMILES string of the molecule is [CH2-]c1cc(F)cc(F)c1. The van der Waals surface area contributed by atoms with Gasteiger partial charge < -0.3 is 0 Å². The van der Waals surface area contributed by atoms with Crippen LogP contribution < -0.4 is 0 Å². The molecule has 0 aliphatic rings. The molecule has 0 heterocycles. The second-order valence-corrected chi connectivity index (χ2v) is 1.78. The van der Waals surface area contributed by atoms with Crippen molar-refractivity contribution in [2.45, 2.75) is 0 Å². The molecule has 0 spiro atoms. The summed E-state index contributed by atoms with van der Waals surface area (Å²) in [7, 11) is 0. The second kappa shape index (κ2) is 2.05. The van der Waals surface area contributed by atoms with Gasteiger partial charge in [0.05, 0.1) is 11.6 Å². The smallest absolute Gasteiger partial charge is 0.0706 e. The first kappa shape index (κ1) is 6.08. The molecule has 0 fully saturated rings. The highest BCUT2D eigenvalue weighted by molar-refractivity contribution is 5.19. The van der Waals surface area contributed by atoms with E-state index in [0.717, 1.165) is 6.07 Å². The van der Waals surface area contributed by atoms with Gasteiger partial charge in [0.15, 0.2) is 0 Å². The molecule has 1 rings (SSSR count). The highest BCUT2D eigenvalue weighted by Gasteiger charge is 1.86. The number of rotatable bonds is 0. The lowest BCUT2D eigenvalue weighted by Gasteiger charge is -1.99. The van der Waals surface area contributed by atoms with E-state index in [0.29, 0.717) is 5.56 Å². The van der Waals surface area contributed by atoms with Crippen molar-refractivity contribution < 1.29 is 8.78 Å². The van der Waals surface area contributed by atoms with Crippen molar-refractivity contribution in [3.05, 3.63) is 42.3 Å². The van der Waals surface area contributed by atoms with Gasteiger partial charge in [0.2, 0.25) is 0 Å². The molecule has 0 bridgehead atoms. The van der Waals surface area contributed by atoms with Crippen molar-refractivity contribution in [3.8, 4) is 0 Å². The van der Waals surface area contributed by atoms with Crippen molar-refractivity contribution >= 4 is 0 Å². The summed E-state index contributed by atoms with van der Waals surface area (Å²) in [6.07, 6.45) is 0. The molecule has 0 saturated heterocycles. The minimum Gasteiger partial charge on any atom is -0.221 e. The van der Waals surface area contributed by atoms with E-state index >= 15 is 0 Å². The van der Waals surface area contributed by atoms with E-state index in [9.17, 15) is 8.78 Å². The molecule has 1 aromatic carbocycles. The van der Waals surface area contributed by atoms with Crippen molar-refractivity contribution in [2.75, 3.05) is 0 Å². The molecule has 0 aliphatic heterocycles. The standard InChI is InChI=1S/C7H5F2/c1-5-2-6(8)4-7(9)3-5/h2-4H,1H2/q-1. The zero-order valence-corrected chi connectivity index (χ0v) is 4.70. The van der Waals surface area contributed by atoms with Gasteiger partial charge in [-0.3, -0.25) is 0 Å². The first-order valence-corrected chi connectivity index (χ1v) is 2.46. The Bertz CT molecular complexity index is 168. The van der Waals surface area contributed by atoms with E-state index in [1.165, 1.54) is 12.1 Å². The van der Waals surface area contributed by atoms with Gasteiger partial charge in [-0.25, -0.2) is 8.78 Å². The van der Waals surface area contributed by atoms with E-state index in [4.69, 9.17) is 0 Å². The molecular weight excluding hydrogens is 122 g/mol. The lowest BCUT2D eigenvalue weighted by atomic mass is 10.2. The van der Waals surface area contributed by atoms with E-state index in [-0.39, 0.29) is 0 Å². The Labute approximate surface area is 52.1 Å². The molecule has 9 heavy (non-hydrogen) atoms. The molecule has 0 radical (unpaired) electrons. The average Bonchev–Trinajstić information content (AvgIpc) is 1.59. The summed E-state index contributed by atoms with van der Waals surface area (Å²) in [5, 5.41) is 0. The normalized spacial score (nSPS) is 9.56. The summed E-state index contributed by atoms with van der Waals surface area (Å²) in [5.74, 6) is -1.17. The molecule has 0 aliphatic carbocycles. The van der Waals surface area contributed by atoms with E-state index < -0.39 is 11.6 Å². The third kappa shape index (κ3) is 1.42. The first-order valence-electron chi connectivity index (χ1n) is 2.46. The van der Waals surface area contributed by atoms with E-state index in [2.05, 4.69) is 6.92 Å². The molecule has 2 heteroatoms. The van der Waals surface area contributed by atoms with Crippen molar-refractivity contribution in [1.29, 1.82) is 0 Å². The van der Waals surface area contributed by atoms with Gasteiger partial charge in [0.25, 0.3) is 0 Å². The highest BCUT2D eigenvalue weighted by Crippen LogP contribution is 2.05. The molecule has 0 saturated carbocycles. The Hall–Kier alpha value is -1.05. The third-order valence-corrected chi connectivity index (χ3v) is 0.922. The minimum atomic E-state index is -0.583. The van der Waals surface area contributed by atoms with Gasteiger partial charge >= 0.3 is 0 Å². The number of hydrogen-bond donors (Lipinski definition) is 0. The van der Waals surface area contributed by atoms with Crippen LogP contribution in [0.1, 0.15) is 5.56 Å². The summed E-state index contributed by atoms with van der Waals surface area (Å²) in [5.41, 5.74) is 0.354. The van der Waals surface area contributed by atoms with Gasteiger partial charge in [-0.2, -0.15) is 12.5 Å². The predicted molar refractivity (Wildman–Crippen MR) is 30.8 cm³/mol. The molecule has 0 atom stereocenters. The molecule has 48 valence electrons. The first-order chi connectivity index (χ1) is 4.18. The number of halogens is 2. The average molecular weight is 127 g/mol. The van der Waals surface area contributed by atoms with Crippen LogP contribution in [0.15, 0.2) is 18.2 Å². The Morgan fingerprint density at radius 3 is 1.78 bits per heavy atom. The zero-order valence-electron chi connectivity index (χ0n) is 4.70. The quantitative estimate of drug-likeness (QED) is 0.468. The largest absolute Gasteiger partial charge is 0.221 e. The maximum absolute atomic E-state index is 12.1. The van der Waals surface area contributed by atoms with Crippen LogP contribution in [0.5, 0.6) is 0 Å². The number of hydrogen-bond acceptors (Lipinski definition) is 0. The van der Waals surface area contributed by atoms with Crippen LogP contribution in [0, 0.1) is 18.6 Å².